The minimum absolute atomic E-state index is 0.0510. The van der Waals surface area contributed by atoms with Gasteiger partial charge in [0.25, 0.3) is 11.8 Å². The van der Waals surface area contributed by atoms with Gasteiger partial charge in [0.15, 0.2) is 0 Å². The molecule has 1 aromatic heterocycles. The van der Waals surface area contributed by atoms with Gasteiger partial charge in [-0.3, -0.25) is 14.4 Å². The SMILES string of the molecule is O=C(Nc1ccc(Cl)cc1)c1nnc(C(=O)N2CCC[C@@H](C(=O)O)C2)s1. The summed E-state index contributed by atoms with van der Waals surface area (Å²) in [6.07, 6.45) is 1.16. The highest BCUT2D eigenvalue weighted by atomic mass is 35.5. The Hall–Kier alpha value is -2.52. The molecule has 2 N–H and O–H groups in total. The van der Waals surface area contributed by atoms with Gasteiger partial charge in [-0.2, -0.15) is 0 Å². The second-order valence-electron chi connectivity index (χ2n) is 5.80. The minimum atomic E-state index is -0.914. The van der Waals surface area contributed by atoms with Crippen molar-refractivity contribution in [2.75, 3.05) is 18.4 Å². The number of halogens is 1. The number of carboxylic acids is 1. The monoisotopic (exact) mass is 394 g/mol. The smallest absolute Gasteiger partial charge is 0.308 e. The van der Waals surface area contributed by atoms with Crippen LogP contribution in [0.2, 0.25) is 5.02 Å². The number of carboxylic acid groups (broad SMARTS) is 1. The maximum Gasteiger partial charge on any atom is 0.308 e. The van der Waals surface area contributed by atoms with E-state index in [0.29, 0.717) is 30.1 Å². The van der Waals surface area contributed by atoms with E-state index in [1.165, 1.54) is 4.90 Å². The molecule has 3 rings (SSSR count). The van der Waals surface area contributed by atoms with Crippen LogP contribution in [0.3, 0.4) is 0 Å². The van der Waals surface area contributed by atoms with Crippen LogP contribution in [0.25, 0.3) is 0 Å². The largest absolute Gasteiger partial charge is 0.481 e. The molecule has 0 saturated carbocycles. The van der Waals surface area contributed by atoms with Crippen LogP contribution in [-0.2, 0) is 4.79 Å². The van der Waals surface area contributed by atoms with E-state index in [1.54, 1.807) is 24.3 Å². The average Bonchev–Trinajstić information content (AvgIpc) is 3.13. The van der Waals surface area contributed by atoms with Gasteiger partial charge in [0.2, 0.25) is 10.0 Å². The third-order valence-electron chi connectivity index (χ3n) is 3.96. The Labute approximate surface area is 157 Å². The molecular formula is C16H15ClN4O4S. The van der Waals surface area contributed by atoms with Gasteiger partial charge in [-0.25, -0.2) is 0 Å². The fourth-order valence-corrected chi connectivity index (χ4v) is 3.45. The van der Waals surface area contributed by atoms with Gasteiger partial charge in [0, 0.05) is 23.8 Å². The lowest BCUT2D eigenvalue weighted by Crippen LogP contribution is -2.42. The molecule has 1 aromatic carbocycles. The number of rotatable bonds is 4. The Balaban J connectivity index is 1.66. The summed E-state index contributed by atoms with van der Waals surface area (Å²) in [4.78, 5) is 37.3. The van der Waals surface area contributed by atoms with Crippen LogP contribution in [0.5, 0.6) is 0 Å². The van der Waals surface area contributed by atoms with E-state index in [2.05, 4.69) is 15.5 Å². The van der Waals surface area contributed by atoms with Gasteiger partial charge in [-0.05, 0) is 37.1 Å². The van der Waals surface area contributed by atoms with Crippen LogP contribution >= 0.6 is 22.9 Å². The van der Waals surface area contributed by atoms with Crippen LogP contribution in [-0.4, -0.2) is 51.1 Å². The molecule has 10 heteroatoms. The maximum absolute atomic E-state index is 12.5. The molecule has 2 heterocycles. The number of likely N-dealkylation sites (tertiary alicyclic amines) is 1. The molecule has 0 aliphatic carbocycles. The van der Waals surface area contributed by atoms with E-state index in [4.69, 9.17) is 16.7 Å². The fourth-order valence-electron chi connectivity index (χ4n) is 2.62. The summed E-state index contributed by atoms with van der Waals surface area (Å²) in [5, 5.41) is 20.0. The second kappa shape index (κ2) is 7.79. The fraction of sp³-hybridized carbons (Fsp3) is 0.312. The number of nitrogens with zero attached hydrogens (tertiary/aromatic N) is 3. The Morgan fingerprint density at radius 2 is 1.88 bits per heavy atom. The lowest BCUT2D eigenvalue weighted by molar-refractivity contribution is -0.143. The van der Waals surface area contributed by atoms with Crippen molar-refractivity contribution in [3.63, 3.8) is 0 Å². The summed E-state index contributed by atoms with van der Waals surface area (Å²) in [5.41, 5.74) is 0.544. The molecule has 0 spiro atoms. The zero-order chi connectivity index (χ0) is 18.7. The number of piperidine rings is 1. The van der Waals surface area contributed by atoms with Gasteiger partial charge in [0.05, 0.1) is 5.92 Å². The van der Waals surface area contributed by atoms with Crippen molar-refractivity contribution in [1.29, 1.82) is 0 Å². The molecule has 1 saturated heterocycles. The number of hydrogen-bond acceptors (Lipinski definition) is 6. The van der Waals surface area contributed by atoms with Crippen LogP contribution in [0.15, 0.2) is 24.3 Å². The maximum atomic E-state index is 12.5. The van der Waals surface area contributed by atoms with Crippen LogP contribution in [0.1, 0.15) is 32.4 Å². The van der Waals surface area contributed by atoms with Crippen LogP contribution < -0.4 is 5.32 Å². The zero-order valence-corrected chi connectivity index (χ0v) is 15.1. The van der Waals surface area contributed by atoms with Crippen molar-refractivity contribution in [1.82, 2.24) is 15.1 Å². The molecule has 8 nitrogen and oxygen atoms in total. The average molecular weight is 395 g/mol. The lowest BCUT2D eigenvalue weighted by Gasteiger charge is -2.29. The molecule has 26 heavy (non-hydrogen) atoms. The first-order valence-corrected chi connectivity index (χ1v) is 9.06. The quantitative estimate of drug-likeness (QED) is 0.823. The molecule has 0 unspecified atom stereocenters. The number of carbonyl (C=O) groups is 3. The highest BCUT2D eigenvalue weighted by molar-refractivity contribution is 7.15. The molecule has 1 aliphatic heterocycles. The molecule has 1 atom stereocenters. The summed E-state index contributed by atoms with van der Waals surface area (Å²) in [6, 6.07) is 6.57. The first-order chi connectivity index (χ1) is 12.4. The summed E-state index contributed by atoms with van der Waals surface area (Å²) in [7, 11) is 0. The highest BCUT2D eigenvalue weighted by Crippen LogP contribution is 2.21. The highest BCUT2D eigenvalue weighted by Gasteiger charge is 2.30. The summed E-state index contributed by atoms with van der Waals surface area (Å²) in [5.74, 6) is -2.37. The number of nitrogens with one attached hydrogen (secondary N) is 1. The van der Waals surface area contributed by atoms with Crippen molar-refractivity contribution in [3.8, 4) is 0 Å². The number of amides is 2. The molecule has 2 amide bonds. The predicted octanol–water partition coefficient (Wildman–Crippen LogP) is 2.38. The number of hydrogen-bond donors (Lipinski definition) is 2. The normalized spacial score (nSPS) is 17.0. The van der Waals surface area contributed by atoms with E-state index in [1.807, 2.05) is 0 Å². The Morgan fingerprint density at radius 1 is 1.19 bits per heavy atom. The Morgan fingerprint density at radius 3 is 2.58 bits per heavy atom. The minimum Gasteiger partial charge on any atom is -0.481 e. The van der Waals surface area contributed by atoms with E-state index in [-0.39, 0.29) is 16.6 Å². The topological polar surface area (TPSA) is 112 Å². The third-order valence-corrected chi connectivity index (χ3v) is 5.12. The van der Waals surface area contributed by atoms with Gasteiger partial charge >= 0.3 is 5.97 Å². The van der Waals surface area contributed by atoms with Crippen molar-refractivity contribution < 1.29 is 19.5 Å². The number of benzene rings is 1. The number of anilines is 1. The van der Waals surface area contributed by atoms with E-state index in [0.717, 1.165) is 11.3 Å². The second-order valence-corrected chi connectivity index (χ2v) is 7.22. The Bertz CT molecular complexity index is 839. The molecule has 136 valence electrons. The van der Waals surface area contributed by atoms with Crippen LogP contribution in [0, 0.1) is 5.92 Å². The molecule has 1 aliphatic rings. The standard InChI is InChI=1S/C16H15ClN4O4S/c17-10-3-5-11(6-4-10)18-12(22)13-19-20-14(26-13)15(23)21-7-1-2-9(8-21)16(24)25/h3-6,9H,1-2,7-8H2,(H,18,22)(H,24,25)/t9-/m1/s1. The molecule has 2 aromatic rings. The number of carbonyl (C=O) groups excluding carboxylic acids is 2. The van der Waals surface area contributed by atoms with Gasteiger partial charge in [-0.1, -0.05) is 22.9 Å². The number of aliphatic carboxylic acids is 1. The molecule has 0 bridgehead atoms. The Kier molecular flexibility index (Phi) is 5.48. The number of aromatic nitrogens is 2. The summed E-state index contributed by atoms with van der Waals surface area (Å²) >= 11 is 6.67. The van der Waals surface area contributed by atoms with Crippen molar-refractivity contribution in [2.24, 2.45) is 5.92 Å². The van der Waals surface area contributed by atoms with Gasteiger partial charge in [0.1, 0.15) is 0 Å². The zero-order valence-electron chi connectivity index (χ0n) is 13.5. The first-order valence-electron chi connectivity index (χ1n) is 7.86. The van der Waals surface area contributed by atoms with E-state index >= 15 is 0 Å². The molecule has 1 fully saturated rings. The first kappa shape index (κ1) is 18.3. The van der Waals surface area contributed by atoms with Crippen molar-refractivity contribution >= 4 is 46.4 Å². The van der Waals surface area contributed by atoms with Gasteiger partial charge in [-0.15, -0.1) is 10.2 Å². The van der Waals surface area contributed by atoms with Crippen LogP contribution in [0.4, 0.5) is 5.69 Å². The van der Waals surface area contributed by atoms with Crippen molar-refractivity contribution in [2.45, 2.75) is 12.8 Å². The molecule has 0 radical (unpaired) electrons. The summed E-state index contributed by atoms with van der Waals surface area (Å²) in [6.45, 7) is 0.606. The van der Waals surface area contributed by atoms with E-state index < -0.39 is 23.7 Å². The van der Waals surface area contributed by atoms with Gasteiger partial charge < -0.3 is 15.3 Å². The predicted molar refractivity (Wildman–Crippen MR) is 95.6 cm³/mol. The molecular weight excluding hydrogens is 380 g/mol. The third kappa shape index (κ3) is 4.17. The summed E-state index contributed by atoms with van der Waals surface area (Å²) < 4.78 is 0. The van der Waals surface area contributed by atoms with E-state index in [9.17, 15) is 14.4 Å². The lowest BCUT2D eigenvalue weighted by atomic mass is 9.98. The van der Waals surface area contributed by atoms with Crippen molar-refractivity contribution in [3.05, 3.63) is 39.3 Å².